The third-order valence-corrected chi connectivity index (χ3v) is 5.78. The maximum absolute atomic E-state index is 12.6. The third-order valence-electron chi connectivity index (χ3n) is 4.28. The van der Waals surface area contributed by atoms with Crippen molar-refractivity contribution in [1.82, 2.24) is 20.1 Å². The van der Waals surface area contributed by atoms with Crippen LogP contribution in [0.3, 0.4) is 0 Å². The van der Waals surface area contributed by atoms with Crippen LogP contribution in [0.2, 0.25) is 5.15 Å². The maximum Gasteiger partial charge on any atom is 0.228 e. The van der Waals surface area contributed by atoms with Crippen molar-refractivity contribution in [2.45, 2.75) is 39.2 Å². The highest BCUT2D eigenvalue weighted by Crippen LogP contribution is 2.23. The van der Waals surface area contributed by atoms with Crippen LogP contribution in [-0.4, -0.2) is 51.7 Å². The van der Waals surface area contributed by atoms with Crippen LogP contribution in [0.15, 0.2) is 18.3 Å². The Morgan fingerprint density at radius 1 is 1.36 bits per heavy atom. The van der Waals surface area contributed by atoms with Gasteiger partial charge in [0.15, 0.2) is 11.0 Å². The highest BCUT2D eigenvalue weighted by molar-refractivity contribution is 7.11. The second kappa shape index (κ2) is 7.66. The number of hydrogen-bond donors (Lipinski definition) is 0. The fraction of sp³-hybridized carbons (Fsp3) is 0.529. The Balaban J connectivity index is 1.59. The second-order valence-corrected chi connectivity index (χ2v) is 8.13. The predicted octanol–water partition coefficient (Wildman–Crippen LogP) is 2.99. The van der Waals surface area contributed by atoms with Gasteiger partial charge in [0.1, 0.15) is 0 Å². The third kappa shape index (κ3) is 4.27. The van der Waals surface area contributed by atoms with E-state index in [-0.39, 0.29) is 11.9 Å². The van der Waals surface area contributed by atoms with Gasteiger partial charge in [-0.15, -0.1) is 21.5 Å². The van der Waals surface area contributed by atoms with Gasteiger partial charge < -0.3 is 9.80 Å². The largest absolute Gasteiger partial charge is 0.349 e. The number of rotatable bonds is 4. The van der Waals surface area contributed by atoms with Gasteiger partial charge in [-0.1, -0.05) is 25.4 Å². The van der Waals surface area contributed by atoms with E-state index in [2.05, 4.69) is 40.9 Å². The summed E-state index contributed by atoms with van der Waals surface area (Å²) in [6.45, 7) is 8.43. The Bertz CT molecular complexity index is 733. The molecule has 0 bridgehead atoms. The highest BCUT2D eigenvalue weighted by Gasteiger charge is 2.28. The fourth-order valence-electron chi connectivity index (χ4n) is 2.92. The molecule has 134 valence electrons. The molecule has 0 aliphatic carbocycles. The van der Waals surface area contributed by atoms with Crippen molar-refractivity contribution in [3.63, 3.8) is 0 Å². The number of anilines is 1. The summed E-state index contributed by atoms with van der Waals surface area (Å²) >= 11 is 7.43. The first-order chi connectivity index (χ1) is 11.9. The number of amides is 1. The molecule has 2 aromatic rings. The molecule has 1 saturated heterocycles. The van der Waals surface area contributed by atoms with E-state index in [0.29, 0.717) is 30.6 Å². The van der Waals surface area contributed by atoms with Crippen LogP contribution in [0, 0.1) is 0 Å². The van der Waals surface area contributed by atoms with Gasteiger partial charge >= 0.3 is 0 Å². The molecular formula is C17H22ClN5OS. The maximum atomic E-state index is 12.6. The SMILES string of the molecule is CC(C)c1ncc(CC(=O)N2CCN(c3ccc(Cl)nn3)[C@@H](C)C2)s1. The van der Waals surface area contributed by atoms with Crippen LogP contribution in [0.25, 0.3) is 0 Å². The summed E-state index contributed by atoms with van der Waals surface area (Å²) in [4.78, 5) is 22.1. The summed E-state index contributed by atoms with van der Waals surface area (Å²) < 4.78 is 0. The summed E-state index contributed by atoms with van der Waals surface area (Å²) in [6.07, 6.45) is 2.26. The molecule has 8 heteroatoms. The van der Waals surface area contributed by atoms with E-state index in [1.54, 1.807) is 17.4 Å². The van der Waals surface area contributed by atoms with Gasteiger partial charge in [0.2, 0.25) is 5.91 Å². The summed E-state index contributed by atoms with van der Waals surface area (Å²) in [5.74, 6) is 1.36. The number of halogens is 1. The zero-order chi connectivity index (χ0) is 18.0. The molecule has 0 N–H and O–H groups in total. The lowest BCUT2D eigenvalue weighted by molar-refractivity contribution is -0.131. The average molecular weight is 380 g/mol. The van der Waals surface area contributed by atoms with Crippen LogP contribution >= 0.6 is 22.9 Å². The Morgan fingerprint density at radius 2 is 2.16 bits per heavy atom. The van der Waals surface area contributed by atoms with Gasteiger partial charge in [-0.25, -0.2) is 4.98 Å². The summed E-state index contributed by atoms with van der Waals surface area (Å²) in [5, 5.41) is 9.52. The molecule has 3 heterocycles. The van der Waals surface area contributed by atoms with E-state index in [1.807, 2.05) is 17.2 Å². The van der Waals surface area contributed by atoms with E-state index in [9.17, 15) is 4.79 Å². The van der Waals surface area contributed by atoms with Gasteiger partial charge in [-0.3, -0.25) is 4.79 Å². The Hall–Kier alpha value is -1.73. The molecule has 1 aliphatic rings. The van der Waals surface area contributed by atoms with Crippen molar-refractivity contribution in [2.24, 2.45) is 0 Å². The summed E-state index contributed by atoms with van der Waals surface area (Å²) in [7, 11) is 0. The zero-order valence-corrected chi connectivity index (χ0v) is 16.2. The smallest absolute Gasteiger partial charge is 0.228 e. The lowest BCUT2D eigenvalue weighted by Crippen LogP contribution is -2.54. The predicted molar refractivity (Wildman–Crippen MR) is 100 cm³/mol. The molecule has 6 nitrogen and oxygen atoms in total. The minimum atomic E-state index is 0.160. The Labute approximate surface area is 156 Å². The molecule has 1 atom stereocenters. The number of hydrogen-bond acceptors (Lipinski definition) is 6. The number of carbonyl (C=O) groups is 1. The molecule has 1 amide bonds. The van der Waals surface area contributed by atoms with Crippen molar-refractivity contribution >= 4 is 34.7 Å². The average Bonchev–Trinajstić information content (AvgIpc) is 3.04. The molecule has 0 aromatic carbocycles. The fourth-order valence-corrected chi connectivity index (χ4v) is 3.93. The molecule has 0 saturated carbocycles. The number of carbonyl (C=O) groups excluding carboxylic acids is 1. The van der Waals surface area contributed by atoms with Crippen molar-refractivity contribution in [1.29, 1.82) is 0 Å². The van der Waals surface area contributed by atoms with Gasteiger partial charge in [-0.05, 0) is 19.1 Å². The van der Waals surface area contributed by atoms with Gasteiger partial charge in [0.05, 0.1) is 11.4 Å². The molecule has 3 rings (SSSR count). The van der Waals surface area contributed by atoms with Crippen molar-refractivity contribution in [2.75, 3.05) is 24.5 Å². The molecule has 0 radical (unpaired) electrons. The highest BCUT2D eigenvalue weighted by atomic mass is 35.5. The lowest BCUT2D eigenvalue weighted by atomic mass is 10.1. The number of thiazole rings is 1. The van der Waals surface area contributed by atoms with Gasteiger partial charge in [0, 0.05) is 42.7 Å². The van der Waals surface area contributed by atoms with Crippen molar-refractivity contribution in [3.8, 4) is 0 Å². The topological polar surface area (TPSA) is 62.2 Å². The monoisotopic (exact) mass is 379 g/mol. The summed E-state index contributed by atoms with van der Waals surface area (Å²) in [6, 6.07) is 3.79. The van der Waals surface area contributed by atoms with Crippen molar-refractivity contribution < 1.29 is 4.79 Å². The minimum absolute atomic E-state index is 0.160. The Morgan fingerprint density at radius 3 is 2.76 bits per heavy atom. The first-order valence-corrected chi connectivity index (χ1v) is 9.61. The van der Waals surface area contributed by atoms with E-state index >= 15 is 0 Å². The van der Waals surface area contributed by atoms with Crippen LogP contribution in [-0.2, 0) is 11.2 Å². The zero-order valence-electron chi connectivity index (χ0n) is 14.6. The Kier molecular flexibility index (Phi) is 5.54. The molecule has 0 unspecified atom stereocenters. The minimum Gasteiger partial charge on any atom is -0.349 e. The quantitative estimate of drug-likeness (QED) is 0.817. The van der Waals surface area contributed by atoms with Crippen LogP contribution in [0.4, 0.5) is 5.82 Å². The van der Waals surface area contributed by atoms with Crippen molar-refractivity contribution in [3.05, 3.63) is 33.4 Å². The normalized spacial score (nSPS) is 18.0. The standard InChI is InChI=1S/C17H22ClN5OS/c1-11(2)17-19-9-13(25-17)8-16(24)22-6-7-23(12(3)10-22)15-5-4-14(18)20-21-15/h4-5,9,11-12H,6-8,10H2,1-3H3/t12-/m0/s1. The van der Waals surface area contributed by atoms with E-state index < -0.39 is 0 Å². The number of piperazine rings is 1. The van der Waals surface area contributed by atoms with Crippen LogP contribution < -0.4 is 4.90 Å². The van der Waals surface area contributed by atoms with Gasteiger partial charge in [-0.2, -0.15) is 0 Å². The molecule has 1 fully saturated rings. The van der Waals surface area contributed by atoms with E-state index in [0.717, 1.165) is 22.2 Å². The first kappa shape index (κ1) is 18.1. The number of aromatic nitrogens is 3. The second-order valence-electron chi connectivity index (χ2n) is 6.59. The molecule has 1 aliphatic heterocycles. The first-order valence-electron chi connectivity index (χ1n) is 8.42. The van der Waals surface area contributed by atoms with Gasteiger partial charge in [0.25, 0.3) is 0 Å². The van der Waals surface area contributed by atoms with E-state index in [4.69, 9.17) is 11.6 Å². The molecule has 25 heavy (non-hydrogen) atoms. The number of nitrogens with zero attached hydrogens (tertiary/aromatic N) is 5. The van der Waals surface area contributed by atoms with E-state index in [1.165, 1.54) is 0 Å². The van der Waals surface area contributed by atoms with Crippen LogP contribution in [0.5, 0.6) is 0 Å². The lowest BCUT2D eigenvalue weighted by Gasteiger charge is -2.40. The van der Waals surface area contributed by atoms with Crippen LogP contribution in [0.1, 0.15) is 36.6 Å². The molecular weight excluding hydrogens is 358 g/mol. The molecule has 2 aromatic heterocycles. The summed E-state index contributed by atoms with van der Waals surface area (Å²) in [5.41, 5.74) is 0. The molecule has 0 spiro atoms.